The zero-order valence-corrected chi connectivity index (χ0v) is 13.7. The predicted molar refractivity (Wildman–Crippen MR) is 87.7 cm³/mol. The molecule has 1 aromatic heterocycles. The second kappa shape index (κ2) is 5.58. The number of nitrogens with zero attached hydrogens (tertiary/aromatic N) is 3. The number of aromatic nitrogens is 2. The summed E-state index contributed by atoms with van der Waals surface area (Å²) in [6.07, 6.45) is 0. The molecule has 2 aromatic rings. The molecule has 1 atom stereocenters. The first-order valence-electron chi connectivity index (χ1n) is 6.99. The van der Waals surface area contributed by atoms with E-state index in [-0.39, 0.29) is 22.9 Å². The van der Waals surface area contributed by atoms with E-state index in [1.807, 2.05) is 6.07 Å². The van der Waals surface area contributed by atoms with Crippen LogP contribution in [0.15, 0.2) is 45.3 Å². The van der Waals surface area contributed by atoms with Gasteiger partial charge in [-0.05, 0) is 17.7 Å². The van der Waals surface area contributed by atoms with Crippen LogP contribution in [0.25, 0.3) is 0 Å². The molecule has 0 saturated heterocycles. The van der Waals surface area contributed by atoms with Gasteiger partial charge < -0.3 is 10.5 Å². The van der Waals surface area contributed by atoms with Gasteiger partial charge in [0.25, 0.3) is 5.56 Å². The zero-order valence-electron chi connectivity index (χ0n) is 12.9. The van der Waals surface area contributed by atoms with Gasteiger partial charge >= 0.3 is 5.69 Å². The Morgan fingerprint density at radius 1 is 1.29 bits per heavy atom. The summed E-state index contributed by atoms with van der Waals surface area (Å²) in [5.74, 6) is -0.870. The van der Waals surface area contributed by atoms with Crippen LogP contribution in [0.5, 0.6) is 5.88 Å². The summed E-state index contributed by atoms with van der Waals surface area (Å²) in [6.45, 7) is 0. The van der Waals surface area contributed by atoms with E-state index in [9.17, 15) is 14.9 Å². The Morgan fingerprint density at radius 2 is 2.00 bits per heavy atom. The number of nitriles is 1. The molecule has 2 N–H and O–H groups in total. The lowest BCUT2D eigenvalue weighted by Crippen LogP contribution is -2.42. The Labute approximate surface area is 141 Å². The SMILES string of the molecule is Cn1c2c(c(=O)n(C)c1=O)[C@H](c1cccc(Cl)c1)C(C#N)=C(N)O2. The monoisotopic (exact) mass is 344 g/mol. The fraction of sp³-hybridized carbons (Fsp3) is 0.188. The van der Waals surface area contributed by atoms with E-state index < -0.39 is 17.2 Å². The van der Waals surface area contributed by atoms with Crippen molar-refractivity contribution < 1.29 is 4.74 Å². The topological polar surface area (TPSA) is 103 Å². The molecule has 0 bridgehead atoms. The maximum Gasteiger partial charge on any atom is 0.333 e. The first-order chi connectivity index (χ1) is 11.4. The number of allylic oxidation sites excluding steroid dienone is 1. The number of nitrogens with two attached hydrogens (primary N) is 1. The number of benzene rings is 1. The van der Waals surface area contributed by atoms with E-state index in [1.54, 1.807) is 24.3 Å². The molecule has 0 aliphatic carbocycles. The van der Waals surface area contributed by atoms with Crippen LogP contribution >= 0.6 is 11.6 Å². The van der Waals surface area contributed by atoms with Crippen LogP contribution in [-0.4, -0.2) is 9.13 Å². The minimum atomic E-state index is -0.761. The van der Waals surface area contributed by atoms with Gasteiger partial charge in [0.2, 0.25) is 11.8 Å². The molecule has 0 fully saturated rings. The molecule has 0 radical (unpaired) electrons. The van der Waals surface area contributed by atoms with Gasteiger partial charge in [-0.1, -0.05) is 23.7 Å². The van der Waals surface area contributed by atoms with Crippen molar-refractivity contribution in [2.45, 2.75) is 5.92 Å². The first-order valence-corrected chi connectivity index (χ1v) is 7.37. The van der Waals surface area contributed by atoms with Gasteiger partial charge in [0, 0.05) is 19.1 Å². The molecule has 2 heterocycles. The highest BCUT2D eigenvalue weighted by molar-refractivity contribution is 6.30. The Balaban J connectivity index is 2.44. The number of halogens is 1. The molecular weight excluding hydrogens is 332 g/mol. The molecule has 0 spiro atoms. The van der Waals surface area contributed by atoms with Crippen LogP contribution in [0, 0.1) is 11.3 Å². The number of hydrogen-bond donors (Lipinski definition) is 1. The summed E-state index contributed by atoms with van der Waals surface area (Å²) in [4.78, 5) is 24.8. The van der Waals surface area contributed by atoms with Crippen molar-refractivity contribution in [3.8, 4) is 11.9 Å². The van der Waals surface area contributed by atoms with Gasteiger partial charge in [-0.25, -0.2) is 4.79 Å². The number of rotatable bonds is 1. The summed E-state index contributed by atoms with van der Waals surface area (Å²) in [7, 11) is 2.84. The van der Waals surface area contributed by atoms with Crippen molar-refractivity contribution in [2.24, 2.45) is 19.8 Å². The van der Waals surface area contributed by atoms with E-state index in [4.69, 9.17) is 22.1 Å². The fourth-order valence-corrected chi connectivity index (χ4v) is 3.01. The zero-order chi connectivity index (χ0) is 17.6. The van der Waals surface area contributed by atoms with E-state index >= 15 is 0 Å². The van der Waals surface area contributed by atoms with Crippen LogP contribution in [0.1, 0.15) is 17.0 Å². The molecule has 7 nitrogen and oxygen atoms in total. The quantitative estimate of drug-likeness (QED) is 0.829. The minimum Gasteiger partial charge on any atom is -0.423 e. The molecule has 8 heteroatoms. The Hall–Kier alpha value is -2.98. The van der Waals surface area contributed by atoms with Gasteiger partial charge in [-0.15, -0.1) is 0 Å². The van der Waals surface area contributed by atoms with E-state index in [1.165, 1.54) is 18.7 Å². The van der Waals surface area contributed by atoms with Crippen LogP contribution in [-0.2, 0) is 14.1 Å². The van der Waals surface area contributed by atoms with Gasteiger partial charge in [0.05, 0.1) is 11.5 Å². The fourth-order valence-electron chi connectivity index (χ4n) is 2.81. The number of hydrogen-bond acceptors (Lipinski definition) is 5. The molecule has 24 heavy (non-hydrogen) atoms. The van der Waals surface area contributed by atoms with Crippen LogP contribution < -0.4 is 21.7 Å². The molecule has 0 amide bonds. The van der Waals surface area contributed by atoms with Crippen molar-refractivity contribution >= 4 is 11.6 Å². The standard InChI is InChI=1S/C16H13ClN4O3/c1-20-14(22)12-11(8-4-3-5-9(17)6-8)10(7-18)13(19)24-15(12)21(2)16(20)23/h3-6,11H,19H2,1-2H3/t11-/m1/s1. The van der Waals surface area contributed by atoms with Crippen LogP contribution in [0.4, 0.5) is 0 Å². The lowest BCUT2D eigenvalue weighted by molar-refractivity contribution is 0.348. The molecule has 3 rings (SSSR count). The van der Waals surface area contributed by atoms with Crippen molar-refractivity contribution in [3.63, 3.8) is 0 Å². The Kier molecular flexibility index (Phi) is 3.70. The van der Waals surface area contributed by atoms with E-state index in [2.05, 4.69) is 0 Å². The summed E-state index contributed by atoms with van der Waals surface area (Å²) in [5, 5.41) is 9.95. The minimum absolute atomic E-state index is 0.0320. The van der Waals surface area contributed by atoms with Crippen molar-refractivity contribution in [1.82, 2.24) is 9.13 Å². The second-order valence-electron chi connectivity index (χ2n) is 5.40. The molecule has 1 aliphatic rings. The largest absolute Gasteiger partial charge is 0.423 e. The van der Waals surface area contributed by atoms with Gasteiger partial charge in [0.15, 0.2) is 0 Å². The highest BCUT2D eigenvalue weighted by Gasteiger charge is 2.35. The van der Waals surface area contributed by atoms with E-state index in [0.717, 1.165) is 4.57 Å². The summed E-state index contributed by atoms with van der Waals surface area (Å²) in [6, 6.07) is 8.78. The van der Waals surface area contributed by atoms with Crippen molar-refractivity contribution in [1.29, 1.82) is 5.26 Å². The van der Waals surface area contributed by atoms with E-state index in [0.29, 0.717) is 10.6 Å². The highest BCUT2D eigenvalue weighted by Crippen LogP contribution is 2.39. The average Bonchev–Trinajstić information content (AvgIpc) is 2.57. The molecule has 0 saturated carbocycles. The highest BCUT2D eigenvalue weighted by atomic mass is 35.5. The average molecular weight is 345 g/mol. The molecular formula is C16H13ClN4O3. The molecule has 0 unspecified atom stereocenters. The third-order valence-electron chi connectivity index (χ3n) is 4.00. The Morgan fingerprint density at radius 3 is 2.62 bits per heavy atom. The van der Waals surface area contributed by atoms with Gasteiger partial charge in [0.1, 0.15) is 11.6 Å². The van der Waals surface area contributed by atoms with Gasteiger partial charge in [-0.3, -0.25) is 13.9 Å². The smallest absolute Gasteiger partial charge is 0.333 e. The maximum atomic E-state index is 12.7. The third-order valence-corrected chi connectivity index (χ3v) is 4.23. The van der Waals surface area contributed by atoms with Crippen molar-refractivity contribution in [2.75, 3.05) is 0 Å². The molecule has 122 valence electrons. The van der Waals surface area contributed by atoms with Crippen molar-refractivity contribution in [3.05, 3.63) is 72.7 Å². The Bertz CT molecular complexity index is 1040. The summed E-state index contributed by atoms with van der Waals surface area (Å²) >= 11 is 6.05. The normalized spacial score (nSPS) is 16.3. The molecule has 1 aliphatic heterocycles. The molecule has 1 aromatic carbocycles. The summed E-state index contributed by atoms with van der Waals surface area (Å²) < 4.78 is 7.57. The van der Waals surface area contributed by atoms with Crippen LogP contribution in [0.3, 0.4) is 0 Å². The predicted octanol–water partition coefficient (Wildman–Crippen LogP) is 0.956. The maximum absolute atomic E-state index is 12.7. The third kappa shape index (κ3) is 2.20. The number of fused-ring (bicyclic) bond motifs is 1. The second-order valence-corrected chi connectivity index (χ2v) is 5.84. The van der Waals surface area contributed by atoms with Gasteiger partial charge in [-0.2, -0.15) is 5.26 Å². The number of ether oxygens (including phenoxy) is 1. The first kappa shape index (κ1) is 15.9. The summed E-state index contributed by atoms with van der Waals surface area (Å²) in [5.41, 5.74) is 5.65. The lowest BCUT2D eigenvalue weighted by Gasteiger charge is -2.27. The van der Waals surface area contributed by atoms with Crippen LogP contribution in [0.2, 0.25) is 5.02 Å². The lowest BCUT2D eigenvalue weighted by atomic mass is 9.85.